The summed E-state index contributed by atoms with van der Waals surface area (Å²) in [5, 5.41) is 4.69. The van der Waals surface area contributed by atoms with E-state index in [1.165, 1.54) is 0 Å². The summed E-state index contributed by atoms with van der Waals surface area (Å²) in [5.41, 5.74) is 6.64. The fourth-order valence-corrected chi connectivity index (χ4v) is 4.76. The van der Waals surface area contributed by atoms with Crippen molar-refractivity contribution < 1.29 is 8.42 Å². The van der Waals surface area contributed by atoms with Crippen molar-refractivity contribution in [3.05, 3.63) is 36.2 Å². The van der Waals surface area contributed by atoms with Crippen LogP contribution in [0.4, 0.5) is 0 Å². The molecule has 22 heavy (non-hydrogen) atoms. The van der Waals surface area contributed by atoms with Gasteiger partial charge in [-0.3, -0.25) is 4.98 Å². The molecule has 1 aliphatic heterocycles. The molecule has 1 unspecified atom stereocenters. The molecule has 1 atom stereocenters. The SMILES string of the molecule is CC1CNCCN1S(=O)(=O)c1ccc(CN)c2cnccc12. The molecule has 3 rings (SSSR count). The van der Waals surface area contributed by atoms with Crippen molar-refractivity contribution in [3.63, 3.8) is 0 Å². The molecule has 6 nitrogen and oxygen atoms in total. The van der Waals surface area contributed by atoms with Gasteiger partial charge in [0.15, 0.2) is 0 Å². The molecule has 1 saturated heterocycles. The molecule has 7 heteroatoms. The Labute approximate surface area is 130 Å². The number of hydrogen-bond donors (Lipinski definition) is 2. The summed E-state index contributed by atoms with van der Waals surface area (Å²) in [5.74, 6) is 0. The van der Waals surface area contributed by atoms with E-state index in [0.29, 0.717) is 36.5 Å². The number of benzene rings is 1. The Morgan fingerprint density at radius 2 is 2.18 bits per heavy atom. The van der Waals surface area contributed by atoms with Crippen molar-refractivity contribution in [1.82, 2.24) is 14.6 Å². The van der Waals surface area contributed by atoms with Crippen molar-refractivity contribution >= 4 is 20.8 Å². The number of rotatable bonds is 3. The Morgan fingerprint density at radius 1 is 1.36 bits per heavy atom. The van der Waals surface area contributed by atoms with Crippen molar-refractivity contribution in [2.24, 2.45) is 5.73 Å². The molecule has 0 saturated carbocycles. The highest BCUT2D eigenvalue weighted by molar-refractivity contribution is 7.89. The van der Waals surface area contributed by atoms with E-state index in [1.54, 1.807) is 34.9 Å². The fraction of sp³-hybridized carbons (Fsp3) is 0.400. The average molecular weight is 320 g/mol. The largest absolute Gasteiger partial charge is 0.326 e. The maximum absolute atomic E-state index is 13.1. The zero-order chi connectivity index (χ0) is 15.7. The predicted molar refractivity (Wildman–Crippen MR) is 85.9 cm³/mol. The van der Waals surface area contributed by atoms with Gasteiger partial charge in [0.05, 0.1) is 4.90 Å². The first-order valence-corrected chi connectivity index (χ1v) is 8.78. The summed E-state index contributed by atoms with van der Waals surface area (Å²) >= 11 is 0. The maximum atomic E-state index is 13.1. The Kier molecular flexibility index (Phi) is 4.14. The summed E-state index contributed by atoms with van der Waals surface area (Å²) < 4.78 is 27.7. The Bertz CT molecular complexity index is 791. The second kappa shape index (κ2) is 5.92. The van der Waals surface area contributed by atoms with Crippen LogP contribution in [0.3, 0.4) is 0 Å². The Morgan fingerprint density at radius 3 is 2.91 bits per heavy atom. The molecule has 0 bridgehead atoms. The lowest BCUT2D eigenvalue weighted by Crippen LogP contribution is -2.52. The number of nitrogens with one attached hydrogen (secondary N) is 1. The quantitative estimate of drug-likeness (QED) is 0.868. The van der Waals surface area contributed by atoms with Crippen LogP contribution >= 0.6 is 0 Å². The van der Waals surface area contributed by atoms with Gasteiger partial charge in [-0.2, -0.15) is 4.31 Å². The minimum atomic E-state index is -3.54. The lowest BCUT2D eigenvalue weighted by Gasteiger charge is -2.33. The molecule has 0 amide bonds. The highest BCUT2D eigenvalue weighted by Crippen LogP contribution is 2.29. The molecule has 1 aromatic heterocycles. The summed E-state index contributed by atoms with van der Waals surface area (Å²) in [6.45, 7) is 4.09. The summed E-state index contributed by atoms with van der Waals surface area (Å²) in [6.07, 6.45) is 3.29. The van der Waals surface area contributed by atoms with E-state index in [1.807, 2.05) is 6.92 Å². The Balaban J connectivity index is 2.17. The molecular formula is C15H20N4O2S. The predicted octanol–water partition coefficient (Wildman–Crippen LogP) is 0.676. The number of fused-ring (bicyclic) bond motifs is 1. The zero-order valence-electron chi connectivity index (χ0n) is 12.5. The molecule has 1 aromatic carbocycles. The van der Waals surface area contributed by atoms with Crippen LogP contribution in [0.5, 0.6) is 0 Å². The van der Waals surface area contributed by atoms with Gasteiger partial charge < -0.3 is 11.1 Å². The highest BCUT2D eigenvalue weighted by atomic mass is 32.2. The van der Waals surface area contributed by atoms with E-state index in [4.69, 9.17) is 5.73 Å². The van der Waals surface area contributed by atoms with E-state index in [9.17, 15) is 8.42 Å². The van der Waals surface area contributed by atoms with Gasteiger partial charge in [0.2, 0.25) is 10.0 Å². The number of aromatic nitrogens is 1. The van der Waals surface area contributed by atoms with Crippen LogP contribution in [0.15, 0.2) is 35.5 Å². The van der Waals surface area contributed by atoms with Crippen molar-refractivity contribution in [2.75, 3.05) is 19.6 Å². The van der Waals surface area contributed by atoms with Crippen LogP contribution in [0.25, 0.3) is 10.8 Å². The monoisotopic (exact) mass is 320 g/mol. The number of hydrogen-bond acceptors (Lipinski definition) is 5. The van der Waals surface area contributed by atoms with E-state index in [-0.39, 0.29) is 6.04 Å². The average Bonchev–Trinajstić information content (AvgIpc) is 2.54. The molecule has 0 radical (unpaired) electrons. The van der Waals surface area contributed by atoms with Crippen molar-refractivity contribution in [3.8, 4) is 0 Å². The van der Waals surface area contributed by atoms with Crippen LogP contribution in [0.1, 0.15) is 12.5 Å². The first-order valence-electron chi connectivity index (χ1n) is 7.34. The lowest BCUT2D eigenvalue weighted by atomic mass is 10.1. The molecule has 0 spiro atoms. The summed E-state index contributed by atoms with van der Waals surface area (Å²) in [4.78, 5) is 4.43. The number of nitrogens with two attached hydrogens (primary N) is 1. The fourth-order valence-electron chi connectivity index (χ4n) is 2.93. The number of nitrogens with zero attached hydrogens (tertiary/aromatic N) is 2. The van der Waals surface area contributed by atoms with Gasteiger partial charge in [0, 0.05) is 55.4 Å². The van der Waals surface area contributed by atoms with Crippen LogP contribution < -0.4 is 11.1 Å². The van der Waals surface area contributed by atoms with Gasteiger partial charge in [-0.25, -0.2) is 8.42 Å². The first-order chi connectivity index (χ1) is 10.6. The Hall–Kier alpha value is -1.54. The minimum absolute atomic E-state index is 0.0650. The van der Waals surface area contributed by atoms with E-state index >= 15 is 0 Å². The van der Waals surface area contributed by atoms with E-state index < -0.39 is 10.0 Å². The van der Waals surface area contributed by atoms with Crippen molar-refractivity contribution in [2.45, 2.75) is 24.4 Å². The second-order valence-corrected chi connectivity index (χ2v) is 7.38. The zero-order valence-corrected chi connectivity index (χ0v) is 13.3. The number of pyridine rings is 1. The highest BCUT2D eigenvalue weighted by Gasteiger charge is 2.32. The second-order valence-electron chi connectivity index (χ2n) is 5.52. The molecule has 2 heterocycles. The van der Waals surface area contributed by atoms with Gasteiger partial charge in [0.1, 0.15) is 0 Å². The van der Waals surface area contributed by atoms with Crippen LogP contribution in [0, 0.1) is 0 Å². The lowest BCUT2D eigenvalue weighted by molar-refractivity contribution is 0.284. The van der Waals surface area contributed by atoms with Crippen molar-refractivity contribution in [1.29, 1.82) is 0 Å². The molecule has 1 fully saturated rings. The van der Waals surface area contributed by atoms with Gasteiger partial charge in [-0.15, -0.1) is 0 Å². The van der Waals surface area contributed by atoms with Crippen LogP contribution in [-0.2, 0) is 16.6 Å². The third kappa shape index (κ3) is 2.50. The molecular weight excluding hydrogens is 300 g/mol. The molecule has 3 N–H and O–H groups in total. The normalized spacial score (nSPS) is 20.4. The first kappa shape index (κ1) is 15.4. The molecule has 2 aromatic rings. The van der Waals surface area contributed by atoms with E-state index in [2.05, 4.69) is 10.3 Å². The minimum Gasteiger partial charge on any atom is -0.326 e. The standard InChI is InChI=1S/C15H20N4O2S/c1-11-9-18-6-7-19(11)22(20,21)15-3-2-12(8-16)14-10-17-5-4-13(14)15/h2-5,10-11,18H,6-9,16H2,1H3. The van der Waals surface area contributed by atoms with Gasteiger partial charge in [-0.05, 0) is 24.6 Å². The number of sulfonamides is 1. The molecule has 118 valence electrons. The smallest absolute Gasteiger partial charge is 0.244 e. The van der Waals surface area contributed by atoms with E-state index in [0.717, 1.165) is 10.9 Å². The van der Waals surface area contributed by atoms with Crippen LogP contribution in [-0.4, -0.2) is 43.4 Å². The maximum Gasteiger partial charge on any atom is 0.244 e. The summed E-state index contributed by atoms with van der Waals surface area (Å²) in [6, 6.07) is 5.12. The summed E-state index contributed by atoms with van der Waals surface area (Å²) in [7, 11) is -3.54. The molecule has 1 aliphatic rings. The van der Waals surface area contributed by atoms with Gasteiger partial charge in [0.25, 0.3) is 0 Å². The van der Waals surface area contributed by atoms with Gasteiger partial charge in [-0.1, -0.05) is 6.07 Å². The third-order valence-corrected chi connectivity index (χ3v) is 6.19. The van der Waals surface area contributed by atoms with Crippen LogP contribution in [0.2, 0.25) is 0 Å². The third-order valence-electron chi connectivity index (χ3n) is 4.12. The van der Waals surface area contributed by atoms with Gasteiger partial charge >= 0.3 is 0 Å². The molecule has 0 aliphatic carbocycles. The number of piperazine rings is 1. The topological polar surface area (TPSA) is 88.3 Å².